The number of halogens is 2. The molecule has 1 spiro atoms. The van der Waals surface area contributed by atoms with Gasteiger partial charge < -0.3 is 15.3 Å². The predicted octanol–water partition coefficient (Wildman–Crippen LogP) is 3.16. The molecule has 8 nitrogen and oxygen atoms in total. The predicted molar refractivity (Wildman–Crippen MR) is 120 cm³/mol. The Morgan fingerprint density at radius 2 is 1.88 bits per heavy atom. The highest BCUT2D eigenvalue weighted by Crippen LogP contribution is 2.52. The summed E-state index contributed by atoms with van der Waals surface area (Å²) in [6, 6.07) is 12.1. The van der Waals surface area contributed by atoms with Crippen LogP contribution in [-0.2, 0) is 15.0 Å². The number of aliphatic hydroxyl groups is 1. The molecule has 5 rings (SSSR count). The Kier molecular flexibility index (Phi) is 4.96. The van der Waals surface area contributed by atoms with Crippen LogP contribution in [0, 0.1) is 0 Å². The molecule has 0 aliphatic carbocycles. The molecule has 3 heterocycles. The van der Waals surface area contributed by atoms with Crippen molar-refractivity contribution >= 4 is 46.5 Å². The summed E-state index contributed by atoms with van der Waals surface area (Å²) in [6.07, 6.45) is -0.123. The second-order valence-corrected chi connectivity index (χ2v) is 8.80. The van der Waals surface area contributed by atoms with E-state index < -0.39 is 5.41 Å². The van der Waals surface area contributed by atoms with Crippen LogP contribution < -0.4 is 10.2 Å². The summed E-state index contributed by atoms with van der Waals surface area (Å²) in [4.78, 5) is 28.1. The van der Waals surface area contributed by atoms with Gasteiger partial charge in [0.25, 0.3) is 0 Å². The van der Waals surface area contributed by atoms with Crippen LogP contribution in [0.25, 0.3) is 0 Å². The van der Waals surface area contributed by atoms with Crippen molar-refractivity contribution in [3.05, 3.63) is 69.3 Å². The quantitative estimate of drug-likeness (QED) is 0.608. The van der Waals surface area contributed by atoms with Crippen LogP contribution in [0.2, 0.25) is 10.0 Å². The largest absolute Gasteiger partial charge is 0.395 e. The van der Waals surface area contributed by atoms with Gasteiger partial charge in [0, 0.05) is 22.3 Å². The zero-order valence-electron chi connectivity index (χ0n) is 17.0. The first-order chi connectivity index (χ1) is 15.4. The first kappa shape index (κ1) is 20.9. The molecular weight excluding hydrogens is 453 g/mol. The summed E-state index contributed by atoms with van der Waals surface area (Å²) in [5.74, 6) is -0.283. The van der Waals surface area contributed by atoms with E-state index >= 15 is 0 Å². The van der Waals surface area contributed by atoms with Gasteiger partial charge in [-0.15, -0.1) is 5.10 Å². The van der Waals surface area contributed by atoms with Crippen LogP contribution in [0.15, 0.2) is 42.5 Å². The molecule has 2 N–H and O–H groups in total. The average Bonchev–Trinajstić information content (AvgIpc) is 3.28. The highest BCUT2D eigenvalue weighted by Gasteiger charge is 2.58. The summed E-state index contributed by atoms with van der Waals surface area (Å²) in [7, 11) is 0. The number of benzene rings is 2. The van der Waals surface area contributed by atoms with Crippen LogP contribution in [-0.4, -0.2) is 45.1 Å². The minimum atomic E-state index is -1.36. The molecule has 10 heteroatoms. The summed E-state index contributed by atoms with van der Waals surface area (Å²) >= 11 is 12.3. The van der Waals surface area contributed by atoms with Gasteiger partial charge in [-0.2, -0.15) is 0 Å². The van der Waals surface area contributed by atoms with E-state index in [4.69, 9.17) is 23.2 Å². The molecule has 32 heavy (non-hydrogen) atoms. The third-order valence-electron chi connectivity index (χ3n) is 6.14. The Morgan fingerprint density at radius 3 is 2.59 bits per heavy atom. The molecule has 1 unspecified atom stereocenters. The third kappa shape index (κ3) is 2.94. The van der Waals surface area contributed by atoms with Crippen molar-refractivity contribution in [1.82, 2.24) is 15.0 Å². The van der Waals surface area contributed by atoms with E-state index in [1.807, 2.05) is 19.1 Å². The lowest BCUT2D eigenvalue weighted by Crippen LogP contribution is -2.47. The number of amides is 2. The molecule has 0 saturated carbocycles. The number of aliphatic hydroxyl groups excluding tert-OH is 1. The Morgan fingerprint density at radius 1 is 1.16 bits per heavy atom. The average molecular weight is 472 g/mol. The fourth-order valence-corrected chi connectivity index (χ4v) is 4.91. The molecular formula is C22H19Cl2N5O3. The highest BCUT2D eigenvalue weighted by molar-refractivity contribution is 6.31. The molecule has 3 aromatic rings. The minimum Gasteiger partial charge on any atom is -0.395 e. The van der Waals surface area contributed by atoms with Crippen LogP contribution in [0.1, 0.15) is 36.2 Å². The first-order valence-corrected chi connectivity index (χ1v) is 10.9. The number of hydrogen-bond donors (Lipinski definition) is 2. The van der Waals surface area contributed by atoms with E-state index in [2.05, 4.69) is 15.6 Å². The Hall–Kier alpha value is -2.94. The van der Waals surface area contributed by atoms with Gasteiger partial charge in [0.05, 0.1) is 19.1 Å². The van der Waals surface area contributed by atoms with E-state index in [1.165, 1.54) is 4.90 Å². The van der Waals surface area contributed by atoms with Gasteiger partial charge in [-0.25, -0.2) is 4.68 Å². The highest BCUT2D eigenvalue weighted by atomic mass is 35.5. The summed E-state index contributed by atoms with van der Waals surface area (Å²) < 4.78 is 1.60. The topological polar surface area (TPSA) is 100 Å². The SMILES string of the molecule is CC(c1ccc(Cl)cc1)n1nnc2c1NC(=O)C[C@]21C(=O)N(CCO)c2ccc(Cl)cc21. The van der Waals surface area contributed by atoms with Gasteiger partial charge >= 0.3 is 0 Å². The summed E-state index contributed by atoms with van der Waals surface area (Å²) in [6.45, 7) is 1.80. The molecule has 2 atom stereocenters. The second-order valence-electron chi connectivity index (χ2n) is 7.93. The van der Waals surface area contributed by atoms with Gasteiger partial charge in [-0.3, -0.25) is 9.59 Å². The normalized spacial score (nSPS) is 20.3. The number of carbonyl (C=O) groups excluding carboxylic acids is 2. The third-order valence-corrected chi connectivity index (χ3v) is 6.63. The number of fused-ring (bicyclic) bond motifs is 4. The van der Waals surface area contributed by atoms with Crippen molar-refractivity contribution in [2.75, 3.05) is 23.4 Å². The van der Waals surface area contributed by atoms with Gasteiger partial charge in [0.15, 0.2) is 5.82 Å². The van der Waals surface area contributed by atoms with Gasteiger partial charge in [-0.05, 0) is 48.4 Å². The van der Waals surface area contributed by atoms with E-state index in [0.29, 0.717) is 32.8 Å². The molecule has 2 aliphatic rings. The lowest BCUT2D eigenvalue weighted by Gasteiger charge is -2.31. The summed E-state index contributed by atoms with van der Waals surface area (Å²) in [5, 5.41) is 22.1. The van der Waals surface area contributed by atoms with E-state index in [-0.39, 0.29) is 37.4 Å². The van der Waals surface area contributed by atoms with E-state index in [1.54, 1.807) is 35.0 Å². The maximum Gasteiger partial charge on any atom is 0.244 e. The van der Waals surface area contributed by atoms with Crippen LogP contribution in [0.4, 0.5) is 11.5 Å². The van der Waals surface area contributed by atoms with Crippen molar-refractivity contribution in [2.24, 2.45) is 0 Å². The molecule has 0 saturated heterocycles. The molecule has 2 aromatic carbocycles. The van der Waals surface area contributed by atoms with Crippen LogP contribution >= 0.6 is 23.2 Å². The Balaban J connectivity index is 1.69. The number of β-amino-alcohol motifs (C(OH)–C–C–N with tert-alkyl or cyclic N) is 1. The minimum absolute atomic E-state index is 0.0987. The molecule has 0 bridgehead atoms. The van der Waals surface area contributed by atoms with Crippen molar-refractivity contribution in [1.29, 1.82) is 0 Å². The fourth-order valence-electron chi connectivity index (χ4n) is 4.61. The molecule has 0 radical (unpaired) electrons. The van der Waals surface area contributed by atoms with Crippen molar-refractivity contribution in [3.63, 3.8) is 0 Å². The van der Waals surface area contributed by atoms with Crippen LogP contribution in [0.5, 0.6) is 0 Å². The number of aromatic nitrogens is 3. The number of nitrogens with one attached hydrogen (secondary N) is 1. The van der Waals surface area contributed by atoms with Crippen molar-refractivity contribution in [3.8, 4) is 0 Å². The number of anilines is 2. The zero-order chi connectivity index (χ0) is 22.6. The number of rotatable bonds is 4. The fraction of sp³-hybridized carbons (Fsp3) is 0.273. The standard InChI is InChI=1S/C22H19Cl2N5O3/c1-12(13-2-4-14(23)5-3-13)29-20-19(26-27-29)22(11-18(31)25-20)16-10-15(24)6-7-17(16)28(8-9-30)21(22)32/h2-7,10,12,30H,8-9,11H2,1H3,(H,25,31)/t12?,22-/m1/s1. The van der Waals surface area contributed by atoms with Crippen molar-refractivity contribution < 1.29 is 14.7 Å². The lowest BCUT2D eigenvalue weighted by molar-refractivity contribution is -0.126. The second kappa shape index (κ2) is 7.58. The lowest BCUT2D eigenvalue weighted by atomic mass is 9.73. The van der Waals surface area contributed by atoms with E-state index in [9.17, 15) is 14.7 Å². The summed E-state index contributed by atoms with van der Waals surface area (Å²) in [5.41, 5.74) is 1.12. The molecule has 2 aliphatic heterocycles. The van der Waals surface area contributed by atoms with Gasteiger partial charge in [0.1, 0.15) is 11.1 Å². The molecule has 1 aromatic heterocycles. The van der Waals surface area contributed by atoms with Crippen LogP contribution in [0.3, 0.4) is 0 Å². The van der Waals surface area contributed by atoms with Crippen molar-refractivity contribution in [2.45, 2.75) is 24.8 Å². The maximum absolute atomic E-state index is 13.7. The molecule has 2 amide bonds. The molecule has 164 valence electrons. The van der Waals surface area contributed by atoms with E-state index in [0.717, 1.165) is 5.56 Å². The smallest absolute Gasteiger partial charge is 0.244 e. The number of hydrogen-bond acceptors (Lipinski definition) is 5. The number of carbonyl (C=O) groups is 2. The monoisotopic (exact) mass is 471 g/mol. The zero-order valence-corrected chi connectivity index (χ0v) is 18.6. The molecule has 0 fully saturated rings. The van der Waals surface area contributed by atoms with Gasteiger partial charge in [-0.1, -0.05) is 40.5 Å². The van der Waals surface area contributed by atoms with Gasteiger partial charge in [0.2, 0.25) is 11.8 Å². The maximum atomic E-state index is 13.7. The number of nitrogens with zero attached hydrogens (tertiary/aromatic N) is 4. The Labute approximate surface area is 193 Å². The Bertz CT molecular complexity index is 1240. The first-order valence-electron chi connectivity index (χ1n) is 10.1.